The van der Waals surface area contributed by atoms with Crippen molar-refractivity contribution in [3.63, 3.8) is 0 Å². The number of hydrogen-bond acceptors (Lipinski definition) is 2. The Hall–Kier alpha value is -3.42. The molecule has 232 valence electrons. The maximum atomic E-state index is 16.5. The van der Waals surface area contributed by atoms with Crippen molar-refractivity contribution >= 4 is 30.7 Å². The lowest BCUT2D eigenvalue weighted by molar-refractivity contribution is -0.361. The van der Waals surface area contributed by atoms with E-state index in [0.717, 1.165) is 38.9 Å². The monoisotopic (exact) mass is 591 g/mol. The second-order valence-electron chi connectivity index (χ2n) is 14.3. The maximum absolute atomic E-state index is 16.5. The summed E-state index contributed by atoms with van der Waals surface area (Å²) in [6, 6.07) is 7.70. The van der Waals surface area contributed by atoms with Crippen LogP contribution in [0.2, 0.25) is 0 Å². The number of aromatic nitrogens is 1. The number of nitrogens with one attached hydrogen (secondary N) is 1. The van der Waals surface area contributed by atoms with E-state index < -0.39 is 6.97 Å². The Morgan fingerprint density at radius 1 is 1.02 bits per heavy atom. The predicted octanol–water partition coefficient (Wildman–Crippen LogP) is 7.89. The number of allylic oxidation sites excluding steroid dienone is 3. The summed E-state index contributed by atoms with van der Waals surface area (Å²) in [5.74, 6) is 1.14. The van der Waals surface area contributed by atoms with Gasteiger partial charge in [-0.25, -0.2) is 0 Å². The van der Waals surface area contributed by atoms with E-state index in [1.165, 1.54) is 4.49 Å². The zero-order valence-corrected chi connectivity index (χ0v) is 27.6. The van der Waals surface area contributed by atoms with Crippen LogP contribution >= 0.6 is 0 Å². The predicted molar refractivity (Wildman–Crippen MR) is 175 cm³/mol. The van der Waals surface area contributed by atoms with Gasteiger partial charge in [0.05, 0.1) is 7.11 Å². The Kier molecular flexibility index (Phi) is 9.02. The van der Waals surface area contributed by atoms with Crippen LogP contribution in [-0.4, -0.2) is 41.2 Å². The lowest BCUT2D eigenvalue weighted by Crippen LogP contribution is -2.50. The summed E-state index contributed by atoms with van der Waals surface area (Å²) >= 11 is 0. The molecule has 2 aliphatic heterocycles. The van der Waals surface area contributed by atoms with E-state index in [1.807, 2.05) is 25.2 Å². The van der Waals surface area contributed by atoms with Crippen LogP contribution < -0.4 is 10.1 Å². The van der Waals surface area contributed by atoms with Crippen molar-refractivity contribution < 1.29 is 22.6 Å². The first-order valence-corrected chi connectivity index (χ1v) is 15.4. The van der Waals surface area contributed by atoms with Crippen LogP contribution in [0.25, 0.3) is 12.2 Å². The number of nitrogens with zero attached hydrogens (tertiary/aromatic N) is 2. The number of fused-ring (bicyclic) bond motifs is 2. The Bertz CT molecular complexity index is 1530. The van der Waals surface area contributed by atoms with Gasteiger partial charge in [-0.15, -0.1) is 0 Å². The maximum Gasteiger partial charge on any atom is 0.737 e. The van der Waals surface area contributed by atoms with Crippen LogP contribution in [0.5, 0.6) is 5.75 Å². The third-order valence-electron chi connectivity index (χ3n) is 8.34. The molecule has 1 N–H and O–H groups in total. The third kappa shape index (κ3) is 6.58. The van der Waals surface area contributed by atoms with E-state index in [4.69, 9.17) is 4.74 Å². The van der Waals surface area contributed by atoms with Crippen molar-refractivity contribution in [2.24, 2.45) is 5.92 Å². The van der Waals surface area contributed by atoms with Gasteiger partial charge in [0.15, 0.2) is 11.4 Å². The van der Waals surface area contributed by atoms with Gasteiger partial charge in [-0.05, 0) is 66.0 Å². The minimum atomic E-state index is -4.20. The SMILES string of the molecule is COc1c(C(C)(C)C)ccc(C(C)(C)C)c1/C=C/C1=[N+]2C(=Cc3ccc(CCC(=O)NCCC(C)C)n3[B-]2(F)F)C(C)=C1. The molecule has 0 atom stereocenters. The highest BCUT2D eigenvalue weighted by Crippen LogP contribution is 2.41. The molecule has 0 aliphatic carbocycles. The molecular weight excluding hydrogens is 543 g/mol. The minimum absolute atomic E-state index is 0.117. The summed E-state index contributed by atoms with van der Waals surface area (Å²) in [4.78, 5) is 12.4. The van der Waals surface area contributed by atoms with Gasteiger partial charge >= 0.3 is 6.97 Å². The smallest absolute Gasteiger partial charge is 0.496 e. The molecule has 3 heterocycles. The highest BCUT2D eigenvalue weighted by molar-refractivity contribution is 6.58. The Balaban J connectivity index is 1.74. The van der Waals surface area contributed by atoms with Gasteiger partial charge in [-0.2, -0.15) is 0 Å². The topological polar surface area (TPSA) is 46.3 Å². The number of methoxy groups -OCH3 is 1. The van der Waals surface area contributed by atoms with E-state index in [9.17, 15) is 4.79 Å². The fourth-order valence-corrected chi connectivity index (χ4v) is 6.05. The van der Waals surface area contributed by atoms with Gasteiger partial charge in [-0.1, -0.05) is 67.5 Å². The molecule has 2 aromatic rings. The number of ether oxygens (including phenoxy) is 1. The van der Waals surface area contributed by atoms with E-state index in [-0.39, 0.29) is 29.6 Å². The number of benzene rings is 1. The lowest BCUT2D eigenvalue weighted by Gasteiger charge is -2.31. The van der Waals surface area contributed by atoms with Gasteiger partial charge in [0.25, 0.3) is 0 Å². The first-order valence-electron chi connectivity index (χ1n) is 15.4. The molecule has 1 aromatic heterocycles. The lowest BCUT2D eigenvalue weighted by atomic mass is 9.78. The standard InChI is InChI=1S/C35H48BF2N3O2/c1-23(2)19-20-39-32(42)18-14-25-11-12-27-22-31-24(3)21-26(41(31)36(37,38)40(25)27)13-15-28-29(34(4,5)6)16-17-30(33(28)43-10)35(7,8)9/h11-13,15-17,21-23H,14,18-20H2,1-10H3,(H,39,42)/b15-13+. The average Bonchev–Trinajstić information content (AvgIpc) is 3.46. The molecule has 1 aromatic carbocycles. The number of carbonyl (C=O) groups excluding carboxylic acids is 1. The van der Waals surface area contributed by atoms with Crippen LogP contribution in [0.1, 0.15) is 103 Å². The molecule has 5 nitrogen and oxygen atoms in total. The summed E-state index contributed by atoms with van der Waals surface area (Å²) in [6.07, 6.45) is 8.65. The van der Waals surface area contributed by atoms with E-state index in [2.05, 4.69) is 72.8 Å². The van der Waals surface area contributed by atoms with E-state index >= 15 is 8.63 Å². The highest BCUT2D eigenvalue weighted by Gasteiger charge is 2.53. The minimum Gasteiger partial charge on any atom is -0.496 e. The van der Waals surface area contributed by atoms with Crippen molar-refractivity contribution in [2.75, 3.05) is 13.7 Å². The Morgan fingerprint density at radius 3 is 2.28 bits per heavy atom. The molecule has 8 heteroatoms. The van der Waals surface area contributed by atoms with Gasteiger partial charge in [0.2, 0.25) is 5.91 Å². The summed E-state index contributed by atoms with van der Waals surface area (Å²) in [6.45, 7) is 15.3. The van der Waals surface area contributed by atoms with Gasteiger partial charge in [-0.3, -0.25) is 4.79 Å². The normalized spacial score (nSPS) is 16.4. The van der Waals surface area contributed by atoms with Crippen LogP contribution in [0.15, 0.2) is 47.7 Å². The number of carbonyl (C=O) groups is 1. The van der Waals surface area contributed by atoms with Gasteiger partial charge < -0.3 is 27.6 Å². The molecule has 0 saturated carbocycles. The number of rotatable bonds is 9. The van der Waals surface area contributed by atoms with E-state index in [1.54, 1.807) is 25.3 Å². The molecular formula is C35H48BF2N3O2. The van der Waals surface area contributed by atoms with Crippen LogP contribution in [-0.2, 0) is 22.0 Å². The first-order chi connectivity index (χ1) is 20.0. The molecule has 0 unspecified atom stereocenters. The molecule has 43 heavy (non-hydrogen) atoms. The van der Waals surface area contributed by atoms with Gasteiger partial charge in [0.1, 0.15) is 5.75 Å². The summed E-state index contributed by atoms with van der Waals surface area (Å²) in [7, 11) is 1.67. The van der Waals surface area contributed by atoms with Crippen LogP contribution in [0.3, 0.4) is 0 Å². The van der Waals surface area contributed by atoms with Crippen molar-refractivity contribution in [2.45, 2.75) is 92.4 Å². The molecule has 0 radical (unpaired) electrons. The summed E-state index contributed by atoms with van der Waals surface area (Å²) in [5, 5.41) is 2.91. The molecule has 0 spiro atoms. The van der Waals surface area contributed by atoms with Crippen molar-refractivity contribution in [1.82, 2.24) is 9.79 Å². The molecule has 0 fully saturated rings. The fraction of sp³-hybridized carbons (Fsp3) is 0.486. The first kappa shape index (κ1) is 32.5. The zero-order chi connectivity index (χ0) is 31.9. The number of hydrogen-bond donors (Lipinski definition) is 1. The summed E-state index contributed by atoms with van der Waals surface area (Å²) < 4.78 is 41.4. The quantitative estimate of drug-likeness (QED) is 0.302. The number of amides is 1. The Labute approximate surface area is 256 Å². The second-order valence-corrected chi connectivity index (χ2v) is 14.3. The number of halogens is 2. The number of aryl methyl sites for hydroxylation is 1. The summed E-state index contributed by atoms with van der Waals surface area (Å²) in [5.41, 5.74) is 5.32. The second kappa shape index (κ2) is 11.9. The van der Waals surface area contributed by atoms with Gasteiger partial charge in [0, 0.05) is 53.6 Å². The van der Waals surface area contributed by atoms with E-state index in [0.29, 0.717) is 35.3 Å². The van der Waals surface area contributed by atoms with Crippen molar-refractivity contribution in [3.8, 4) is 5.75 Å². The molecule has 4 rings (SSSR count). The molecule has 0 saturated heterocycles. The Morgan fingerprint density at radius 2 is 1.67 bits per heavy atom. The van der Waals surface area contributed by atoms with Crippen LogP contribution in [0, 0.1) is 5.92 Å². The van der Waals surface area contributed by atoms with Crippen molar-refractivity contribution in [1.29, 1.82) is 0 Å². The fourth-order valence-electron chi connectivity index (χ4n) is 6.05. The average molecular weight is 592 g/mol. The largest absolute Gasteiger partial charge is 0.737 e. The zero-order valence-electron chi connectivity index (χ0n) is 27.6. The van der Waals surface area contributed by atoms with Crippen molar-refractivity contribution in [3.05, 3.63) is 75.8 Å². The molecule has 1 amide bonds. The third-order valence-corrected chi connectivity index (χ3v) is 8.34. The molecule has 0 bridgehead atoms. The highest BCUT2D eigenvalue weighted by atomic mass is 19.2. The molecule has 2 aliphatic rings. The van der Waals surface area contributed by atoms with Crippen LogP contribution in [0.4, 0.5) is 8.63 Å².